The molecular weight excluding hydrogens is 336 g/mol. The fourth-order valence-corrected chi connectivity index (χ4v) is 4.48. The van der Waals surface area contributed by atoms with Crippen LogP contribution in [0, 0.1) is 11.3 Å². The smallest absolute Gasteiger partial charge is 0.338 e. The van der Waals surface area contributed by atoms with E-state index in [1.165, 1.54) is 32.1 Å². The molecule has 0 bridgehead atoms. The average molecular weight is 369 g/mol. The highest BCUT2D eigenvalue weighted by Crippen LogP contribution is 2.45. The predicted octanol–water partition coefficient (Wildman–Crippen LogP) is 5.96. The van der Waals surface area contributed by atoms with Gasteiger partial charge in [0, 0.05) is 11.5 Å². The molecule has 1 aromatic heterocycles. The Morgan fingerprint density at radius 1 is 1.26 bits per heavy atom. The third-order valence-electron chi connectivity index (χ3n) is 5.63. The minimum Gasteiger partial charge on any atom is -0.462 e. The van der Waals surface area contributed by atoms with Gasteiger partial charge in [0.1, 0.15) is 5.82 Å². The normalized spacial score (nSPS) is 16.9. The van der Waals surface area contributed by atoms with Gasteiger partial charge in [0.25, 0.3) is 0 Å². The molecule has 1 unspecified atom stereocenters. The topological polar surface area (TPSA) is 55.0 Å². The summed E-state index contributed by atoms with van der Waals surface area (Å²) in [5, 5.41) is 0. The Morgan fingerprint density at radius 3 is 2.67 bits per heavy atom. The molecule has 2 aromatic rings. The highest BCUT2D eigenvalue weighted by Gasteiger charge is 2.36. The Morgan fingerprint density at radius 2 is 2.00 bits per heavy atom. The van der Waals surface area contributed by atoms with Crippen LogP contribution >= 0.6 is 0 Å². The lowest BCUT2D eigenvalue weighted by molar-refractivity contribution is 0.0526. The number of hydrogen-bond acceptors (Lipinski definition) is 3. The number of ether oxygens (including phenoxy) is 1. The molecule has 1 N–H and O–H groups in total. The summed E-state index contributed by atoms with van der Waals surface area (Å²) in [5.74, 6) is 1.89. The fourth-order valence-electron chi connectivity index (χ4n) is 4.48. The van der Waals surface area contributed by atoms with Gasteiger partial charge in [-0.05, 0) is 43.2 Å². The number of imidazole rings is 1. The third kappa shape index (κ3) is 4.60. The van der Waals surface area contributed by atoms with Gasteiger partial charge >= 0.3 is 5.97 Å². The van der Waals surface area contributed by atoms with Crippen LogP contribution < -0.4 is 0 Å². The molecule has 1 heterocycles. The van der Waals surface area contributed by atoms with E-state index in [4.69, 9.17) is 9.72 Å². The number of nitrogens with zero attached hydrogens (tertiary/aromatic N) is 1. The Balaban J connectivity index is 1.88. The number of rotatable bonds is 5. The van der Waals surface area contributed by atoms with Crippen LogP contribution in [0.3, 0.4) is 0 Å². The molecule has 0 spiro atoms. The van der Waals surface area contributed by atoms with Crippen LogP contribution in [0.2, 0.25) is 0 Å². The number of H-pyrrole nitrogens is 1. The largest absolute Gasteiger partial charge is 0.462 e. The van der Waals surface area contributed by atoms with Gasteiger partial charge in [-0.3, -0.25) is 0 Å². The number of carbonyl (C=O) groups is 1. The molecule has 0 aliphatic heterocycles. The summed E-state index contributed by atoms with van der Waals surface area (Å²) >= 11 is 0. The number of esters is 1. The molecule has 27 heavy (non-hydrogen) atoms. The highest BCUT2D eigenvalue weighted by molar-refractivity contribution is 5.90. The van der Waals surface area contributed by atoms with Gasteiger partial charge in [-0.2, -0.15) is 0 Å². The van der Waals surface area contributed by atoms with Crippen LogP contribution in [0.5, 0.6) is 0 Å². The highest BCUT2D eigenvalue weighted by atomic mass is 16.5. The van der Waals surface area contributed by atoms with Crippen molar-refractivity contribution in [2.24, 2.45) is 11.3 Å². The Hall–Kier alpha value is -2.10. The van der Waals surface area contributed by atoms with E-state index < -0.39 is 0 Å². The van der Waals surface area contributed by atoms with Crippen LogP contribution in [0.25, 0.3) is 11.3 Å². The predicted molar refractivity (Wildman–Crippen MR) is 109 cm³/mol. The Labute approximate surface area is 162 Å². The van der Waals surface area contributed by atoms with Gasteiger partial charge in [-0.25, -0.2) is 9.78 Å². The minimum atomic E-state index is -0.283. The first-order valence-corrected chi connectivity index (χ1v) is 10.2. The summed E-state index contributed by atoms with van der Waals surface area (Å²) in [6.07, 6.45) is 8.49. The van der Waals surface area contributed by atoms with Crippen molar-refractivity contribution in [1.82, 2.24) is 9.97 Å². The summed E-state index contributed by atoms with van der Waals surface area (Å²) in [5.41, 5.74) is 2.66. The number of aromatic amines is 1. The van der Waals surface area contributed by atoms with E-state index in [1.807, 2.05) is 31.3 Å². The standard InChI is InChI=1S/C23H32N2O2/c1-5-27-22(26)18-13-9-12-17(14-18)19-15-24-21(25-19)20(23(2,3)4)16-10-7-6-8-11-16/h9,12-16,20H,5-8,10-11H2,1-4H3,(H,24,25). The van der Waals surface area contributed by atoms with Crippen molar-refractivity contribution in [2.45, 2.75) is 65.7 Å². The zero-order chi connectivity index (χ0) is 19.4. The van der Waals surface area contributed by atoms with Crippen LogP contribution in [-0.4, -0.2) is 22.5 Å². The van der Waals surface area contributed by atoms with E-state index in [2.05, 4.69) is 25.8 Å². The molecule has 0 amide bonds. The summed E-state index contributed by atoms with van der Waals surface area (Å²) < 4.78 is 5.12. The van der Waals surface area contributed by atoms with Crippen molar-refractivity contribution < 1.29 is 9.53 Å². The van der Waals surface area contributed by atoms with E-state index in [0.29, 0.717) is 24.0 Å². The van der Waals surface area contributed by atoms with E-state index >= 15 is 0 Å². The summed E-state index contributed by atoms with van der Waals surface area (Å²) in [6, 6.07) is 7.57. The number of carbonyl (C=O) groups excluding carboxylic acids is 1. The Kier molecular flexibility index (Phi) is 6.03. The lowest BCUT2D eigenvalue weighted by Gasteiger charge is -2.38. The van der Waals surface area contributed by atoms with Gasteiger partial charge < -0.3 is 9.72 Å². The van der Waals surface area contributed by atoms with E-state index in [-0.39, 0.29) is 11.4 Å². The molecule has 1 fully saturated rings. The van der Waals surface area contributed by atoms with E-state index in [1.54, 1.807) is 6.07 Å². The van der Waals surface area contributed by atoms with Crippen molar-refractivity contribution in [2.75, 3.05) is 6.61 Å². The summed E-state index contributed by atoms with van der Waals surface area (Å²) in [4.78, 5) is 20.4. The second kappa shape index (κ2) is 8.28. The van der Waals surface area contributed by atoms with Gasteiger partial charge in [0.2, 0.25) is 0 Å². The van der Waals surface area contributed by atoms with Crippen LogP contribution in [0.4, 0.5) is 0 Å². The van der Waals surface area contributed by atoms with Crippen LogP contribution in [0.1, 0.15) is 81.9 Å². The maximum Gasteiger partial charge on any atom is 0.338 e. The molecule has 1 aliphatic carbocycles. The summed E-state index contributed by atoms with van der Waals surface area (Å²) in [6.45, 7) is 9.15. The molecule has 0 saturated heterocycles. The van der Waals surface area contributed by atoms with Gasteiger partial charge in [-0.1, -0.05) is 52.2 Å². The van der Waals surface area contributed by atoms with Gasteiger partial charge in [0.05, 0.1) is 24.1 Å². The van der Waals surface area contributed by atoms with Gasteiger partial charge in [0.15, 0.2) is 0 Å². The molecular formula is C23H32N2O2. The zero-order valence-electron chi connectivity index (χ0n) is 17.0. The van der Waals surface area contributed by atoms with Crippen molar-refractivity contribution >= 4 is 5.97 Å². The lowest BCUT2D eigenvalue weighted by Crippen LogP contribution is -2.28. The Bertz CT molecular complexity index is 767. The SMILES string of the molecule is CCOC(=O)c1cccc(-c2cnc(C(C3CCCCC3)C(C)(C)C)[nH]2)c1. The maximum absolute atomic E-state index is 12.0. The fraction of sp³-hybridized carbons (Fsp3) is 0.565. The average Bonchev–Trinajstić information content (AvgIpc) is 3.11. The first-order chi connectivity index (χ1) is 12.9. The van der Waals surface area contributed by atoms with Crippen LogP contribution in [0.15, 0.2) is 30.5 Å². The molecule has 1 aromatic carbocycles. The first kappa shape index (κ1) is 19.7. The zero-order valence-corrected chi connectivity index (χ0v) is 17.0. The molecule has 146 valence electrons. The molecule has 1 atom stereocenters. The number of hydrogen-bond donors (Lipinski definition) is 1. The number of benzene rings is 1. The molecule has 3 rings (SSSR count). The van der Waals surface area contributed by atoms with Crippen molar-refractivity contribution in [3.63, 3.8) is 0 Å². The first-order valence-electron chi connectivity index (χ1n) is 10.2. The minimum absolute atomic E-state index is 0.157. The van der Waals surface area contributed by atoms with E-state index in [0.717, 1.165) is 17.1 Å². The second-order valence-corrected chi connectivity index (χ2v) is 8.73. The molecule has 1 saturated carbocycles. The lowest BCUT2D eigenvalue weighted by atomic mass is 9.68. The van der Waals surface area contributed by atoms with E-state index in [9.17, 15) is 4.79 Å². The quantitative estimate of drug-likeness (QED) is 0.662. The molecule has 4 heteroatoms. The molecule has 1 aliphatic rings. The van der Waals surface area contributed by atoms with Crippen LogP contribution in [-0.2, 0) is 4.74 Å². The van der Waals surface area contributed by atoms with Gasteiger partial charge in [-0.15, -0.1) is 0 Å². The van der Waals surface area contributed by atoms with Crippen molar-refractivity contribution in [3.05, 3.63) is 41.9 Å². The monoisotopic (exact) mass is 368 g/mol. The van der Waals surface area contributed by atoms with Crippen molar-refractivity contribution in [3.8, 4) is 11.3 Å². The summed E-state index contributed by atoms with van der Waals surface area (Å²) in [7, 11) is 0. The number of aromatic nitrogens is 2. The molecule has 4 nitrogen and oxygen atoms in total. The molecule has 0 radical (unpaired) electrons. The third-order valence-corrected chi connectivity index (χ3v) is 5.63. The maximum atomic E-state index is 12.0. The number of nitrogens with one attached hydrogen (secondary N) is 1. The second-order valence-electron chi connectivity index (χ2n) is 8.73. The van der Waals surface area contributed by atoms with Crippen molar-refractivity contribution in [1.29, 1.82) is 0 Å².